The number of aromatic amines is 1. The maximum absolute atomic E-state index is 11.7. The minimum atomic E-state index is 0.0913. The lowest BCUT2D eigenvalue weighted by molar-refractivity contribution is -0.121. The molecule has 1 aromatic rings. The molecular formula is C15H26N4O2. The molecule has 2 rings (SSSR count). The number of nitrogens with zero attached hydrogens (tertiary/aromatic N) is 2. The minimum Gasteiger partial charge on any atom is -0.395 e. The fraction of sp³-hybridized carbons (Fsp3) is 0.733. The van der Waals surface area contributed by atoms with Crippen LogP contribution in [0.3, 0.4) is 0 Å². The number of hydrogen-bond acceptors (Lipinski definition) is 4. The lowest BCUT2D eigenvalue weighted by atomic mass is 10.0. The van der Waals surface area contributed by atoms with Gasteiger partial charge in [-0.2, -0.15) is 5.10 Å². The Morgan fingerprint density at radius 3 is 3.19 bits per heavy atom. The number of H-pyrrole nitrogens is 1. The van der Waals surface area contributed by atoms with E-state index in [1.807, 2.05) is 6.20 Å². The first-order valence-corrected chi connectivity index (χ1v) is 7.89. The number of carbonyl (C=O) groups is 1. The summed E-state index contributed by atoms with van der Waals surface area (Å²) >= 11 is 0. The lowest BCUT2D eigenvalue weighted by Gasteiger charge is -2.34. The van der Waals surface area contributed by atoms with Crippen molar-refractivity contribution in [3.8, 4) is 0 Å². The van der Waals surface area contributed by atoms with Crippen molar-refractivity contribution in [3.05, 3.63) is 18.0 Å². The molecule has 118 valence electrons. The smallest absolute Gasteiger partial charge is 0.220 e. The normalized spacial score (nSPS) is 19.6. The van der Waals surface area contributed by atoms with Gasteiger partial charge in [-0.05, 0) is 37.8 Å². The third-order valence-corrected chi connectivity index (χ3v) is 4.10. The van der Waals surface area contributed by atoms with Crippen LogP contribution >= 0.6 is 0 Å². The van der Waals surface area contributed by atoms with E-state index in [4.69, 9.17) is 0 Å². The number of piperidine rings is 1. The van der Waals surface area contributed by atoms with Crippen LogP contribution in [0.2, 0.25) is 0 Å². The number of aliphatic hydroxyl groups excluding tert-OH is 1. The number of aryl methyl sites for hydroxylation is 1. The van der Waals surface area contributed by atoms with Gasteiger partial charge in [0.25, 0.3) is 0 Å². The molecule has 1 amide bonds. The molecule has 0 aliphatic carbocycles. The summed E-state index contributed by atoms with van der Waals surface area (Å²) in [6.45, 7) is 2.98. The van der Waals surface area contributed by atoms with E-state index in [9.17, 15) is 9.90 Å². The predicted octanol–water partition coefficient (Wildman–Crippen LogP) is 0.695. The van der Waals surface area contributed by atoms with Crippen molar-refractivity contribution in [2.24, 2.45) is 0 Å². The first kappa shape index (κ1) is 16.0. The lowest BCUT2D eigenvalue weighted by Crippen LogP contribution is -2.43. The zero-order valence-electron chi connectivity index (χ0n) is 12.6. The van der Waals surface area contributed by atoms with E-state index in [1.54, 1.807) is 6.20 Å². The van der Waals surface area contributed by atoms with E-state index in [-0.39, 0.29) is 12.5 Å². The van der Waals surface area contributed by atoms with Crippen LogP contribution in [0.25, 0.3) is 0 Å². The number of rotatable bonds is 8. The van der Waals surface area contributed by atoms with Crippen molar-refractivity contribution in [2.45, 2.75) is 44.6 Å². The predicted molar refractivity (Wildman–Crippen MR) is 80.8 cm³/mol. The first-order chi connectivity index (χ1) is 10.3. The minimum absolute atomic E-state index is 0.0913. The summed E-state index contributed by atoms with van der Waals surface area (Å²) in [5.74, 6) is 0.0913. The van der Waals surface area contributed by atoms with Crippen molar-refractivity contribution < 1.29 is 9.90 Å². The van der Waals surface area contributed by atoms with Crippen LogP contribution in [0.1, 0.15) is 37.7 Å². The van der Waals surface area contributed by atoms with Gasteiger partial charge in [0.15, 0.2) is 0 Å². The molecule has 21 heavy (non-hydrogen) atoms. The monoisotopic (exact) mass is 294 g/mol. The summed E-state index contributed by atoms with van der Waals surface area (Å²) < 4.78 is 0. The molecule has 1 fully saturated rings. The average Bonchev–Trinajstić information content (AvgIpc) is 3.03. The zero-order valence-corrected chi connectivity index (χ0v) is 12.6. The van der Waals surface area contributed by atoms with Crippen molar-refractivity contribution >= 4 is 5.91 Å². The largest absolute Gasteiger partial charge is 0.395 e. The molecular weight excluding hydrogens is 268 g/mol. The van der Waals surface area contributed by atoms with Gasteiger partial charge in [-0.25, -0.2) is 0 Å². The highest BCUT2D eigenvalue weighted by Gasteiger charge is 2.20. The van der Waals surface area contributed by atoms with E-state index in [0.717, 1.165) is 37.9 Å². The molecule has 6 heteroatoms. The third kappa shape index (κ3) is 5.47. The van der Waals surface area contributed by atoms with Gasteiger partial charge in [0.05, 0.1) is 12.8 Å². The van der Waals surface area contributed by atoms with Crippen molar-refractivity contribution in [1.82, 2.24) is 20.4 Å². The number of amides is 1. The number of carbonyl (C=O) groups excluding carboxylic acids is 1. The van der Waals surface area contributed by atoms with Crippen LogP contribution in [0.4, 0.5) is 0 Å². The Bertz CT molecular complexity index is 408. The van der Waals surface area contributed by atoms with Gasteiger partial charge >= 0.3 is 0 Å². The van der Waals surface area contributed by atoms with E-state index in [1.165, 1.54) is 12.8 Å². The molecule has 0 bridgehead atoms. The average molecular weight is 294 g/mol. The Kier molecular flexibility index (Phi) is 6.69. The van der Waals surface area contributed by atoms with Crippen LogP contribution in [-0.4, -0.2) is 58.4 Å². The van der Waals surface area contributed by atoms with Gasteiger partial charge in [-0.15, -0.1) is 0 Å². The van der Waals surface area contributed by atoms with E-state index >= 15 is 0 Å². The van der Waals surface area contributed by atoms with E-state index in [0.29, 0.717) is 19.0 Å². The van der Waals surface area contributed by atoms with Crippen molar-refractivity contribution in [2.75, 3.05) is 26.2 Å². The number of nitrogens with one attached hydrogen (secondary N) is 2. The molecule has 0 saturated carbocycles. The molecule has 1 saturated heterocycles. The van der Waals surface area contributed by atoms with Crippen LogP contribution in [0, 0.1) is 0 Å². The highest BCUT2D eigenvalue weighted by Crippen LogP contribution is 2.16. The van der Waals surface area contributed by atoms with E-state index in [2.05, 4.69) is 20.4 Å². The van der Waals surface area contributed by atoms with Gasteiger partial charge in [0.2, 0.25) is 5.91 Å². The van der Waals surface area contributed by atoms with Crippen molar-refractivity contribution in [1.29, 1.82) is 0 Å². The Hall–Kier alpha value is -1.40. The second-order valence-corrected chi connectivity index (χ2v) is 5.68. The van der Waals surface area contributed by atoms with Gasteiger partial charge in [-0.1, -0.05) is 6.42 Å². The molecule has 1 aliphatic rings. The Morgan fingerprint density at radius 1 is 1.52 bits per heavy atom. The van der Waals surface area contributed by atoms with Crippen LogP contribution in [0.5, 0.6) is 0 Å². The Morgan fingerprint density at radius 2 is 2.43 bits per heavy atom. The maximum atomic E-state index is 11.7. The third-order valence-electron chi connectivity index (χ3n) is 4.10. The molecule has 3 N–H and O–H groups in total. The summed E-state index contributed by atoms with van der Waals surface area (Å²) in [7, 11) is 0. The number of hydrogen-bond donors (Lipinski definition) is 3. The van der Waals surface area contributed by atoms with Crippen LogP contribution < -0.4 is 5.32 Å². The Balaban J connectivity index is 1.55. The molecule has 6 nitrogen and oxygen atoms in total. The molecule has 0 spiro atoms. The first-order valence-electron chi connectivity index (χ1n) is 7.89. The molecule has 2 heterocycles. The standard InChI is InChI=1S/C15H26N4O2/c20-12-14-4-1-2-8-19(14)9-3-7-16-15(21)6-5-13-10-17-18-11-13/h10-11,14,20H,1-9,12H2,(H,16,21)(H,17,18)/t14-/m0/s1. The molecule has 0 unspecified atom stereocenters. The van der Waals surface area contributed by atoms with Crippen molar-refractivity contribution in [3.63, 3.8) is 0 Å². The second-order valence-electron chi connectivity index (χ2n) is 5.68. The topological polar surface area (TPSA) is 81.2 Å². The molecule has 1 aromatic heterocycles. The second kappa shape index (κ2) is 8.79. The van der Waals surface area contributed by atoms with Crippen LogP contribution in [0.15, 0.2) is 12.4 Å². The quantitative estimate of drug-likeness (QED) is 0.616. The Labute approximate surface area is 125 Å². The fourth-order valence-electron chi connectivity index (χ4n) is 2.83. The summed E-state index contributed by atoms with van der Waals surface area (Å²) in [6, 6.07) is 0.315. The van der Waals surface area contributed by atoms with Gasteiger partial charge in [0.1, 0.15) is 0 Å². The van der Waals surface area contributed by atoms with Gasteiger partial charge in [0, 0.05) is 31.7 Å². The molecule has 0 aromatic carbocycles. The summed E-state index contributed by atoms with van der Waals surface area (Å²) in [5, 5.41) is 18.9. The number of aliphatic hydroxyl groups is 1. The van der Waals surface area contributed by atoms with Crippen LogP contribution in [-0.2, 0) is 11.2 Å². The maximum Gasteiger partial charge on any atom is 0.220 e. The number of aromatic nitrogens is 2. The fourth-order valence-corrected chi connectivity index (χ4v) is 2.83. The molecule has 0 radical (unpaired) electrons. The summed E-state index contributed by atoms with van der Waals surface area (Å²) in [6.07, 6.45) is 9.25. The highest BCUT2D eigenvalue weighted by atomic mass is 16.3. The van der Waals surface area contributed by atoms with Gasteiger partial charge in [-0.3, -0.25) is 14.8 Å². The number of likely N-dealkylation sites (tertiary alicyclic amines) is 1. The van der Waals surface area contributed by atoms with Gasteiger partial charge < -0.3 is 10.4 Å². The summed E-state index contributed by atoms with van der Waals surface area (Å²) in [5.41, 5.74) is 1.06. The zero-order chi connectivity index (χ0) is 14.9. The summed E-state index contributed by atoms with van der Waals surface area (Å²) in [4.78, 5) is 14.1. The highest BCUT2D eigenvalue weighted by molar-refractivity contribution is 5.76. The SMILES string of the molecule is O=C(CCc1cn[nH]c1)NCCCN1CCCC[C@H]1CO. The molecule has 1 aliphatic heterocycles. The van der Waals surface area contributed by atoms with E-state index < -0.39 is 0 Å². The molecule has 1 atom stereocenters.